The van der Waals surface area contributed by atoms with Crippen LogP contribution in [0.25, 0.3) is 0 Å². The monoisotopic (exact) mass is 148 g/mol. The first-order chi connectivity index (χ1) is 1.73. The van der Waals surface area contributed by atoms with Gasteiger partial charge in [0.25, 0.3) is 0 Å². The van der Waals surface area contributed by atoms with Crippen LogP contribution in [0.1, 0.15) is 0 Å². The van der Waals surface area contributed by atoms with Crippen molar-refractivity contribution in [2.75, 3.05) is 0 Å². The summed E-state index contributed by atoms with van der Waals surface area (Å²) >= 11 is 12.5. The summed E-state index contributed by atoms with van der Waals surface area (Å²) in [7, 11) is 0. The Bertz CT molecular complexity index is 29.9. The Balaban J connectivity index is 0. The molecule has 0 N–H and O–H groups in total. The molecule has 0 atom stereocenters. The van der Waals surface area contributed by atoms with E-state index in [9.17, 15) is 0 Å². The third-order valence-electron chi connectivity index (χ3n) is 0. The van der Waals surface area contributed by atoms with Crippen LogP contribution in [0.3, 0.4) is 0 Å². The predicted octanol–water partition coefficient (Wildman–Crippen LogP) is -0.0157. The van der Waals surface area contributed by atoms with Crippen LogP contribution in [0.15, 0.2) is 0 Å². The minimum atomic E-state index is 0. The van der Waals surface area contributed by atoms with Crippen molar-refractivity contribution < 1.29 is 0 Å². The van der Waals surface area contributed by atoms with E-state index in [1.54, 1.807) is 0 Å². The maximum Gasteiger partial charge on any atom is 2.00 e. The van der Waals surface area contributed by atoms with Gasteiger partial charge in [-0.25, -0.2) is 0 Å². The Morgan fingerprint density at radius 1 is 1.40 bits per heavy atom. The van der Waals surface area contributed by atoms with Crippen molar-refractivity contribution in [3.05, 3.63) is 0 Å². The summed E-state index contributed by atoms with van der Waals surface area (Å²) in [4.78, 5) is 0. The molecule has 0 radical (unpaired) electrons. The molecule has 0 aromatic heterocycles. The summed E-state index contributed by atoms with van der Waals surface area (Å²) in [5, 5.41) is 0. The van der Waals surface area contributed by atoms with Crippen LogP contribution in [-0.4, -0.2) is 41.3 Å². The molecule has 0 saturated heterocycles. The van der Waals surface area contributed by atoms with Gasteiger partial charge in [-0.1, -0.05) is 0 Å². The van der Waals surface area contributed by atoms with E-state index in [0.717, 1.165) is 0 Å². The van der Waals surface area contributed by atoms with Crippen molar-refractivity contribution in [1.82, 2.24) is 0 Å². The number of hydrogen-bond donors (Lipinski definition) is 0. The molecular weight excluding hydrogens is 148 g/mol. The van der Waals surface area contributed by atoms with Crippen LogP contribution in [0.2, 0.25) is 0 Å². The molecule has 0 aromatic carbocycles. The van der Waals surface area contributed by atoms with Crippen molar-refractivity contribution in [3.8, 4) is 0 Å². The van der Waals surface area contributed by atoms with E-state index < -0.39 is 0 Å². The van der Waals surface area contributed by atoms with Gasteiger partial charge < -0.3 is 37.5 Å². The van der Waals surface area contributed by atoms with Gasteiger partial charge in [-0.15, -0.1) is 0 Å². The molecule has 24 valence electrons. The Morgan fingerprint density at radius 3 is 1.40 bits per heavy atom. The molecule has 0 bridgehead atoms. The average Bonchev–Trinajstić information content (AvgIpc) is 0.811. The molecule has 0 fully saturated rings. The third kappa shape index (κ3) is 26.0. The van der Waals surface area contributed by atoms with Gasteiger partial charge in [-0.2, -0.15) is 0 Å². The van der Waals surface area contributed by atoms with Crippen molar-refractivity contribution in [2.45, 2.75) is 0 Å². The maximum atomic E-state index is 4.17. The molecule has 0 aliphatic heterocycles. The zero-order valence-electron chi connectivity index (χ0n) is 2.43. The maximum absolute atomic E-state index is 4.17. The van der Waals surface area contributed by atoms with Crippen LogP contribution < -0.4 is 0 Å². The Hall–Kier alpha value is 1.79. The molecule has 0 unspecified atom stereocenters. The fourth-order valence-corrected chi connectivity index (χ4v) is 0. The molecule has 0 nitrogen and oxygen atoms in total. The first-order valence-corrected chi connectivity index (χ1v) is 1.84. The summed E-state index contributed by atoms with van der Waals surface area (Å²) in [6, 6.07) is 0. The smallest absolute Gasteiger partial charge is 0.570 e. The van der Waals surface area contributed by atoms with E-state index in [1.807, 2.05) is 0 Å². The summed E-state index contributed by atoms with van der Waals surface area (Å²) in [5.41, 5.74) is 0. The van der Waals surface area contributed by atoms with Gasteiger partial charge in [0.05, 0.1) is 0 Å². The predicted molar refractivity (Wildman–Crippen MR) is 33.1 cm³/mol. The Kier molecular flexibility index (Phi) is 11.5. The van der Waals surface area contributed by atoms with Gasteiger partial charge in [0.15, 0.2) is 0 Å². The van der Waals surface area contributed by atoms with E-state index >= 15 is 0 Å². The molecule has 0 saturated carbocycles. The second-order valence-corrected chi connectivity index (χ2v) is 2.25. The number of thiocarbonyl (C=S) groups is 1. The topological polar surface area (TPSA) is 0 Å². The molecular formula is CCaS3. The molecule has 0 aliphatic rings. The molecule has 0 amide bonds. The van der Waals surface area contributed by atoms with Gasteiger partial charge in [-0.05, 0) is 0 Å². The van der Waals surface area contributed by atoms with Crippen LogP contribution in [0.4, 0.5) is 0 Å². The summed E-state index contributed by atoms with van der Waals surface area (Å²) < 4.78 is 0.167. The Labute approximate surface area is 77.5 Å². The van der Waals surface area contributed by atoms with Gasteiger partial charge in [-0.3, -0.25) is 3.53 Å². The van der Waals surface area contributed by atoms with E-state index in [4.69, 9.17) is 0 Å². The van der Waals surface area contributed by atoms with Crippen molar-refractivity contribution >= 4 is 78.7 Å². The van der Waals surface area contributed by atoms with Gasteiger partial charge >= 0.3 is 37.7 Å². The van der Waals surface area contributed by atoms with Gasteiger partial charge in [0, 0.05) is 0 Å². The van der Waals surface area contributed by atoms with Crippen molar-refractivity contribution in [1.29, 1.82) is 0 Å². The summed E-state index contributed by atoms with van der Waals surface area (Å²) in [6.45, 7) is 0. The van der Waals surface area contributed by atoms with Crippen LogP contribution in [-0.2, 0) is 25.3 Å². The minimum absolute atomic E-state index is 0. The normalized spacial score (nSPS) is 4.80. The van der Waals surface area contributed by atoms with Gasteiger partial charge in [0.1, 0.15) is 0 Å². The molecule has 0 spiro atoms. The third-order valence-corrected chi connectivity index (χ3v) is 0. The minimum Gasteiger partial charge on any atom is -0.570 e. The van der Waals surface area contributed by atoms with Crippen molar-refractivity contribution in [3.63, 3.8) is 0 Å². The van der Waals surface area contributed by atoms with E-state index in [2.05, 4.69) is 37.5 Å². The molecule has 0 aromatic rings. The fraction of sp³-hybridized carbons (Fsp3) is 0. The quantitative estimate of drug-likeness (QED) is 0.269. The second-order valence-electron chi connectivity index (χ2n) is 0.250. The number of hydrogen-bond acceptors (Lipinski definition) is 3. The van der Waals surface area contributed by atoms with Crippen LogP contribution in [0.5, 0.6) is 0 Å². The number of rotatable bonds is 0. The fourth-order valence-electron chi connectivity index (χ4n) is 0. The van der Waals surface area contributed by atoms with E-state index in [1.165, 1.54) is 0 Å². The molecule has 0 heterocycles. The standard InChI is InChI=1S/CH2S3.Ca/c2-1(3)4;/h(H2,2,3,4);/q;+2/p-2. The zero-order chi connectivity index (χ0) is 3.58. The average molecular weight is 148 g/mol. The van der Waals surface area contributed by atoms with Crippen molar-refractivity contribution in [2.24, 2.45) is 0 Å². The van der Waals surface area contributed by atoms with E-state index in [0.29, 0.717) is 0 Å². The van der Waals surface area contributed by atoms with Crippen LogP contribution in [0, 0.1) is 0 Å². The first kappa shape index (κ1) is 9.92. The van der Waals surface area contributed by atoms with Gasteiger partial charge in [0.2, 0.25) is 0 Å². The SMILES string of the molecule is S=C([S-])[S-].[Ca+2]. The molecule has 0 aliphatic carbocycles. The molecule has 0 rings (SSSR count). The zero-order valence-corrected chi connectivity index (χ0v) is 7.09. The summed E-state index contributed by atoms with van der Waals surface area (Å²) in [6.07, 6.45) is 0. The summed E-state index contributed by atoms with van der Waals surface area (Å²) in [5.74, 6) is 0. The largest absolute Gasteiger partial charge is 2.00 e. The Morgan fingerprint density at radius 2 is 1.40 bits per heavy atom. The van der Waals surface area contributed by atoms with Crippen LogP contribution >= 0.6 is 12.2 Å². The molecule has 4 heteroatoms. The first-order valence-electron chi connectivity index (χ1n) is 0.612. The van der Waals surface area contributed by atoms with E-state index in [-0.39, 0.29) is 41.3 Å². The second kappa shape index (κ2) is 5.79. The molecule has 5 heavy (non-hydrogen) atoms.